The summed E-state index contributed by atoms with van der Waals surface area (Å²) in [5, 5.41) is 7.63. The van der Waals surface area contributed by atoms with Gasteiger partial charge in [-0.15, -0.1) is 0 Å². The summed E-state index contributed by atoms with van der Waals surface area (Å²) in [6, 6.07) is 18.7. The van der Waals surface area contributed by atoms with Crippen LogP contribution in [0.4, 0.5) is 0 Å². The molecule has 3 N–H and O–H groups in total. The maximum absolute atomic E-state index is 12.2. The van der Waals surface area contributed by atoms with Crippen LogP contribution in [-0.4, -0.2) is 24.0 Å². The van der Waals surface area contributed by atoms with Crippen LogP contribution in [0.25, 0.3) is 10.9 Å². The van der Waals surface area contributed by atoms with Crippen LogP contribution in [0, 0.1) is 5.92 Å². The molecule has 1 heterocycles. The van der Waals surface area contributed by atoms with Gasteiger partial charge in [0, 0.05) is 29.7 Å². The van der Waals surface area contributed by atoms with Crippen molar-refractivity contribution in [3.63, 3.8) is 0 Å². The summed E-state index contributed by atoms with van der Waals surface area (Å²) in [4.78, 5) is 15.5. The van der Waals surface area contributed by atoms with E-state index in [0.29, 0.717) is 19.0 Å². The molecule has 26 heavy (non-hydrogen) atoms. The number of amides is 1. The highest BCUT2D eigenvalue weighted by molar-refractivity contribution is 5.83. The van der Waals surface area contributed by atoms with Gasteiger partial charge in [0.2, 0.25) is 5.91 Å². The Morgan fingerprint density at radius 1 is 1.04 bits per heavy atom. The lowest BCUT2D eigenvalue weighted by molar-refractivity contribution is -0.120. The SMILES string of the molecule is CC(C)[C@@H](NCC(=O)NCCc1c[nH]c2ccccc12)c1ccccc1. The molecule has 0 unspecified atom stereocenters. The number of fused-ring (bicyclic) bond motifs is 1. The first kappa shape index (κ1) is 18.2. The molecular formula is C22H27N3O. The van der Waals surface area contributed by atoms with Crippen LogP contribution in [0.5, 0.6) is 0 Å². The van der Waals surface area contributed by atoms with Gasteiger partial charge in [-0.1, -0.05) is 62.4 Å². The standard InChI is InChI=1S/C22H27N3O/c1-16(2)22(17-8-4-3-5-9-17)25-15-21(26)23-13-12-18-14-24-20-11-7-6-10-19(18)20/h3-11,14,16,22,24-25H,12-13,15H2,1-2H3,(H,23,26)/t22-/m1/s1. The number of benzene rings is 2. The minimum atomic E-state index is 0.0337. The van der Waals surface area contributed by atoms with Crippen molar-refractivity contribution in [1.29, 1.82) is 0 Å². The molecule has 0 aliphatic rings. The monoisotopic (exact) mass is 349 g/mol. The number of hydrogen-bond donors (Lipinski definition) is 3. The molecule has 1 aromatic heterocycles. The molecule has 0 fully saturated rings. The van der Waals surface area contributed by atoms with Gasteiger partial charge in [-0.05, 0) is 29.5 Å². The van der Waals surface area contributed by atoms with E-state index in [1.165, 1.54) is 16.5 Å². The van der Waals surface area contributed by atoms with E-state index in [-0.39, 0.29) is 11.9 Å². The molecule has 0 aliphatic carbocycles. The Kier molecular flexibility index (Phi) is 6.08. The van der Waals surface area contributed by atoms with Crippen LogP contribution in [0.3, 0.4) is 0 Å². The highest BCUT2D eigenvalue weighted by atomic mass is 16.1. The number of H-pyrrole nitrogens is 1. The molecule has 0 aliphatic heterocycles. The quantitative estimate of drug-likeness (QED) is 0.579. The fourth-order valence-corrected chi connectivity index (χ4v) is 3.34. The molecule has 2 aromatic carbocycles. The number of aromatic nitrogens is 1. The number of rotatable bonds is 8. The van der Waals surface area contributed by atoms with E-state index in [9.17, 15) is 4.79 Å². The highest BCUT2D eigenvalue weighted by Gasteiger charge is 2.16. The van der Waals surface area contributed by atoms with E-state index in [2.05, 4.69) is 53.7 Å². The molecule has 136 valence electrons. The van der Waals surface area contributed by atoms with Gasteiger partial charge in [0.15, 0.2) is 0 Å². The Balaban J connectivity index is 1.48. The molecule has 0 saturated heterocycles. The van der Waals surface area contributed by atoms with Gasteiger partial charge >= 0.3 is 0 Å². The number of carbonyl (C=O) groups excluding carboxylic acids is 1. The summed E-state index contributed by atoms with van der Waals surface area (Å²) in [7, 11) is 0. The first-order chi connectivity index (χ1) is 12.6. The summed E-state index contributed by atoms with van der Waals surface area (Å²) in [6.07, 6.45) is 2.85. The van der Waals surface area contributed by atoms with E-state index in [0.717, 1.165) is 11.9 Å². The Labute approximate surface area is 155 Å². The van der Waals surface area contributed by atoms with Crippen molar-refractivity contribution in [3.05, 3.63) is 71.9 Å². The third-order valence-electron chi connectivity index (χ3n) is 4.70. The number of para-hydroxylation sites is 1. The van der Waals surface area contributed by atoms with Crippen LogP contribution in [0.1, 0.15) is 31.0 Å². The van der Waals surface area contributed by atoms with Crippen LogP contribution in [-0.2, 0) is 11.2 Å². The van der Waals surface area contributed by atoms with Crippen molar-refractivity contribution in [3.8, 4) is 0 Å². The Morgan fingerprint density at radius 2 is 1.77 bits per heavy atom. The molecular weight excluding hydrogens is 322 g/mol. The van der Waals surface area contributed by atoms with Crippen molar-refractivity contribution in [2.75, 3.05) is 13.1 Å². The first-order valence-electron chi connectivity index (χ1n) is 9.25. The lowest BCUT2D eigenvalue weighted by Gasteiger charge is -2.22. The average molecular weight is 349 g/mol. The maximum Gasteiger partial charge on any atom is 0.233 e. The summed E-state index contributed by atoms with van der Waals surface area (Å²) < 4.78 is 0. The molecule has 0 bridgehead atoms. The summed E-state index contributed by atoms with van der Waals surface area (Å²) in [5.41, 5.74) is 3.59. The summed E-state index contributed by atoms with van der Waals surface area (Å²) >= 11 is 0. The van der Waals surface area contributed by atoms with Gasteiger partial charge in [-0.25, -0.2) is 0 Å². The largest absolute Gasteiger partial charge is 0.361 e. The highest BCUT2D eigenvalue weighted by Crippen LogP contribution is 2.21. The zero-order valence-electron chi connectivity index (χ0n) is 15.5. The lowest BCUT2D eigenvalue weighted by atomic mass is 9.96. The van der Waals surface area contributed by atoms with E-state index < -0.39 is 0 Å². The summed E-state index contributed by atoms with van der Waals surface area (Å²) in [5.74, 6) is 0.447. The topological polar surface area (TPSA) is 56.9 Å². The predicted octanol–water partition coefficient (Wildman–Crippen LogP) is 3.81. The smallest absolute Gasteiger partial charge is 0.233 e. The molecule has 4 heteroatoms. The number of nitrogens with one attached hydrogen (secondary N) is 3. The molecule has 1 atom stereocenters. The van der Waals surface area contributed by atoms with Crippen LogP contribution < -0.4 is 10.6 Å². The van der Waals surface area contributed by atoms with E-state index in [1.807, 2.05) is 36.5 Å². The first-order valence-corrected chi connectivity index (χ1v) is 9.25. The number of carbonyl (C=O) groups is 1. The predicted molar refractivity (Wildman–Crippen MR) is 107 cm³/mol. The second-order valence-corrected chi connectivity index (χ2v) is 6.97. The molecule has 0 spiro atoms. The van der Waals surface area contributed by atoms with Crippen LogP contribution >= 0.6 is 0 Å². The van der Waals surface area contributed by atoms with E-state index in [4.69, 9.17) is 0 Å². The molecule has 0 radical (unpaired) electrons. The second kappa shape index (κ2) is 8.68. The lowest BCUT2D eigenvalue weighted by Crippen LogP contribution is -2.38. The Morgan fingerprint density at radius 3 is 2.54 bits per heavy atom. The fourth-order valence-electron chi connectivity index (χ4n) is 3.34. The minimum absolute atomic E-state index is 0.0337. The van der Waals surface area contributed by atoms with Gasteiger partial charge in [0.1, 0.15) is 0 Å². The van der Waals surface area contributed by atoms with Crippen molar-refractivity contribution < 1.29 is 4.79 Å². The van der Waals surface area contributed by atoms with Gasteiger partial charge < -0.3 is 15.6 Å². The molecule has 0 saturated carbocycles. The molecule has 3 rings (SSSR count). The van der Waals surface area contributed by atoms with Gasteiger partial charge in [0.05, 0.1) is 6.54 Å². The van der Waals surface area contributed by atoms with Crippen molar-refractivity contribution in [1.82, 2.24) is 15.6 Å². The van der Waals surface area contributed by atoms with Gasteiger partial charge in [-0.3, -0.25) is 4.79 Å². The van der Waals surface area contributed by atoms with Crippen molar-refractivity contribution in [2.24, 2.45) is 5.92 Å². The second-order valence-electron chi connectivity index (χ2n) is 6.97. The Hall–Kier alpha value is -2.59. The number of aromatic amines is 1. The maximum atomic E-state index is 12.2. The van der Waals surface area contributed by atoms with E-state index in [1.54, 1.807) is 0 Å². The molecule has 3 aromatic rings. The van der Waals surface area contributed by atoms with Crippen LogP contribution in [0.2, 0.25) is 0 Å². The third kappa shape index (κ3) is 4.52. The number of hydrogen-bond acceptors (Lipinski definition) is 2. The van der Waals surface area contributed by atoms with Crippen molar-refractivity contribution in [2.45, 2.75) is 26.3 Å². The zero-order valence-corrected chi connectivity index (χ0v) is 15.5. The van der Waals surface area contributed by atoms with Crippen molar-refractivity contribution >= 4 is 16.8 Å². The Bertz CT molecular complexity index is 839. The summed E-state index contributed by atoms with van der Waals surface area (Å²) in [6.45, 7) is 5.30. The average Bonchev–Trinajstić information content (AvgIpc) is 3.06. The molecule has 4 nitrogen and oxygen atoms in total. The van der Waals surface area contributed by atoms with Gasteiger partial charge in [0.25, 0.3) is 0 Å². The molecule has 1 amide bonds. The van der Waals surface area contributed by atoms with Crippen LogP contribution in [0.15, 0.2) is 60.8 Å². The normalized spacial score (nSPS) is 12.4. The minimum Gasteiger partial charge on any atom is -0.361 e. The fraction of sp³-hybridized carbons (Fsp3) is 0.318. The zero-order chi connectivity index (χ0) is 18.4. The van der Waals surface area contributed by atoms with Gasteiger partial charge in [-0.2, -0.15) is 0 Å². The third-order valence-corrected chi connectivity index (χ3v) is 4.70. The van der Waals surface area contributed by atoms with E-state index >= 15 is 0 Å².